The number of hydrogen-bond donors (Lipinski definition) is 2. The number of nitrogens with one attached hydrogen (secondary N) is 1. The molecule has 0 spiro atoms. The smallest absolute Gasteiger partial charge is 0.193 e. The number of nitrogens with zero attached hydrogens (tertiary/aromatic N) is 3. The van der Waals surface area contributed by atoms with Gasteiger partial charge in [-0.3, -0.25) is 4.99 Å². The van der Waals surface area contributed by atoms with Crippen LogP contribution >= 0.6 is 24.0 Å². The van der Waals surface area contributed by atoms with E-state index in [2.05, 4.69) is 29.0 Å². The Morgan fingerprint density at radius 3 is 2.62 bits per heavy atom. The van der Waals surface area contributed by atoms with Gasteiger partial charge in [-0.05, 0) is 58.0 Å². The maximum Gasteiger partial charge on any atom is 0.193 e. The Morgan fingerprint density at radius 2 is 1.92 bits per heavy atom. The van der Waals surface area contributed by atoms with Gasteiger partial charge in [0.05, 0.1) is 12.6 Å². The largest absolute Gasteiger partial charge is 0.392 e. The molecule has 26 heavy (non-hydrogen) atoms. The van der Waals surface area contributed by atoms with Crippen LogP contribution in [0.15, 0.2) is 4.99 Å². The molecule has 1 aliphatic carbocycles. The fourth-order valence-corrected chi connectivity index (χ4v) is 4.75. The predicted octanol–water partition coefficient (Wildman–Crippen LogP) is 2.93. The van der Waals surface area contributed by atoms with Crippen LogP contribution in [0.4, 0.5) is 0 Å². The first-order valence-corrected chi connectivity index (χ1v) is 10.5. The monoisotopic (exact) mass is 478 g/mol. The van der Waals surface area contributed by atoms with E-state index in [9.17, 15) is 5.11 Å². The number of aliphatic hydroxyl groups is 1. The second-order valence-electron chi connectivity index (χ2n) is 8.69. The summed E-state index contributed by atoms with van der Waals surface area (Å²) < 4.78 is 0. The highest BCUT2D eigenvalue weighted by molar-refractivity contribution is 14.0. The third kappa shape index (κ3) is 5.71. The zero-order chi connectivity index (χ0) is 17.7. The summed E-state index contributed by atoms with van der Waals surface area (Å²) >= 11 is 0. The summed E-state index contributed by atoms with van der Waals surface area (Å²) in [6.45, 7) is 12.1. The van der Waals surface area contributed by atoms with Crippen LogP contribution in [0.25, 0.3) is 0 Å². The number of likely N-dealkylation sites (tertiary alicyclic amines) is 2. The average molecular weight is 478 g/mol. The minimum Gasteiger partial charge on any atom is -0.392 e. The van der Waals surface area contributed by atoms with Crippen LogP contribution in [0, 0.1) is 11.3 Å². The van der Waals surface area contributed by atoms with Crippen molar-refractivity contribution in [2.45, 2.75) is 64.9 Å². The van der Waals surface area contributed by atoms with Gasteiger partial charge >= 0.3 is 0 Å². The Balaban J connectivity index is 0.00000243. The van der Waals surface area contributed by atoms with Crippen LogP contribution in [0.1, 0.15) is 58.8 Å². The Kier molecular flexibility index (Phi) is 8.94. The molecule has 5 nitrogen and oxygen atoms in total. The first-order chi connectivity index (χ1) is 12.1. The van der Waals surface area contributed by atoms with Crippen molar-refractivity contribution in [1.82, 2.24) is 15.1 Å². The number of aliphatic imine (C=N–C) groups is 1. The maximum absolute atomic E-state index is 10.4. The minimum atomic E-state index is -0.200. The maximum atomic E-state index is 10.4. The molecule has 3 unspecified atom stereocenters. The molecule has 1 saturated carbocycles. The molecule has 0 bridgehead atoms. The van der Waals surface area contributed by atoms with Crippen LogP contribution in [0.5, 0.6) is 0 Å². The van der Waals surface area contributed by atoms with Gasteiger partial charge in [0.2, 0.25) is 0 Å². The predicted molar refractivity (Wildman–Crippen MR) is 119 cm³/mol. The highest BCUT2D eigenvalue weighted by Crippen LogP contribution is 2.36. The van der Waals surface area contributed by atoms with Crippen LogP contribution in [-0.2, 0) is 0 Å². The lowest BCUT2D eigenvalue weighted by atomic mass is 9.73. The molecule has 3 aliphatic rings. The van der Waals surface area contributed by atoms with Crippen LogP contribution in [-0.4, -0.2) is 72.8 Å². The van der Waals surface area contributed by atoms with Gasteiger partial charge in [-0.15, -0.1) is 24.0 Å². The van der Waals surface area contributed by atoms with Gasteiger partial charge in [-0.2, -0.15) is 0 Å². The Morgan fingerprint density at radius 1 is 1.15 bits per heavy atom. The summed E-state index contributed by atoms with van der Waals surface area (Å²) in [6.07, 6.45) is 8.24. The molecule has 2 heterocycles. The lowest BCUT2D eigenvalue weighted by Gasteiger charge is -2.37. The molecule has 6 heteroatoms. The third-order valence-corrected chi connectivity index (χ3v) is 6.51. The Bertz CT molecular complexity index is 455. The van der Waals surface area contributed by atoms with Crippen molar-refractivity contribution in [1.29, 1.82) is 0 Å². The molecule has 0 amide bonds. The van der Waals surface area contributed by atoms with Crippen molar-refractivity contribution in [2.24, 2.45) is 16.3 Å². The zero-order valence-corrected chi connectivity index (χ0v) is 19.1. The van der Waals surface area contributed by atoms with Gasteiger partial charge in [0.1, 0.15) is 0 Å². The van der Waals surface area contributed by atoms with Crippen molar-refractivity contribution < 1.29 is 5.11 Å². The molecule has 2 saturated heterocycles. The minimum absolute atomic E-state index is 0. The van der Waals surface area contributed by atoms with E-state index >= 15 is 0 Å². The van der Waals surface area contributed by atoms with Gasteiger partial charge in [0.15, 0.2) is 5.96 Å². The lowest BCUT2D eigenvalue weighted by Crippen LogP contribution is -2.43. The number of hydrogen-bond acceptors (Lipinski definition) is 3. The number of halogens is 1. The lowest BCUT2D eigenvalue weighted by molar-refractivity contribution is 0.00705. The molecule has 3 rings (SSSR count). The highest BCUT2D eigenvalue weighted by atomic mass is 127. The van der Waals surface area contributed by atoms with Crippen molar-refractivity contribution >= 4 is 29.9 Å². The van der Waals surface area contributed by atoms with Gasteiger partial charge in [0, 0.05) is 31.6 Å². The molecule has 152 valence electrons. The topological polar surface area (TPSA) is 51.1 Å². The van der Waals surface area contributed by atoms with Crippen LogP contribution in [0.3, 0.4) is 0 Å². The van der Waals surface area contributed by atoms with E-state index in [4.69, 9.17) is 4.99 Å². The summed E-state index contributed by atoms with van der Waals surface area (Å²) in [4.78, 5) is 10.0. The SMILES string of the molecule is CCNC(=NCC1(C)CCCCC1O)N1CCC(CN2CCCC2)C1.I. The standard InChI is InChI=1S/C20H38N4O.HI/c1-3-21-19(22-16-20(2)10-5-4-8-18(20)25)24-13-9-17(15-24)14-23-11-6-7-12-23;/h17-18,25H,3-16H2,1-2H3,(H,21,22);1H. The first kappa shape index (κ1) is 22.2. The molecule has 2 N–H and O–H groups in total. The van der Waals surface area contributed by atoms with Gasteiger partial charge in [-0.1, -0.05) is 19.8 Å². The van der Waals surface area contributed by atoms with E-state index < -0.39 is 0 Å². The summed E-state index contributed by atoms with van der Waals surface area (Å²) in [5.41, 5.74) is -0.0480. The molecule has 0 aromatic rings. The van der Waals surface area contributed by atoms with Crippen molar-refractivity contribution in [2.75, 3.05) is 45.8 Å². The van der Waals surface area contributed by atoms with E-state index in [1.807, 2.05) is 0 Å². The zero-order valence-electron chi connectivity index (χ0n) is 16.8. The first-order valence-electron chi connectivity index (χ1n) is 10.5. The van der Waals surface area contributed by atoms with Crippen molar-refractivity contribution in [3.63, 3.8) is 0 Å². The second-order valence-corrected chi connectivity index (χ2v) is 8.69. The van der Waals surface area contributed by atoms with E-state index in [-0.39, 0.29) is 35.5 Å². The summed E-state index contributed by atoms with van der Waals surface area (Å²) in [7, 11) is 0. The fraction of sp³-hybridized carbons (Fsp3) is 0.950. The van der Waals surface area contributed by atoms with E-state index in [1.54, 1.807) is 0 Å². The fourth-order valence-electron chi connectivity index (χ4n) is 4.75. The average Bonchev–Trinajstić information content (AvgIpc) is 3.27. The van der Waals surface area contributed by atoms with Crippen molar-refractivity contribution in [3.05, 3.63) is 0 Å². The molecule has 0 aromatic heterocycles. The highest BCUT2D eigenvalue weighted by Gasteiger charge is 2.35. The molecule has 0 aromatic carbocycles. The second kappa shape index (κ2) is 10.5. The normalized spacial score (nSPS) is 33.3. The molecule has 3 atom stereocenters. The molecule has 3 fully saturated rings. The Hall–Kier alpha value is -0.0800. The Labute approximate surface area is 177 Å². The van der Waals surface area contributed by atoms with E-state index in [1.165, 1.54) is 45.3 Å². The van der Waals surface area contributed by atoms with Gasteiger partial charge < -0.3 is 20.2 Å². The summed E-state index contributed by atoms with van der Waals surface area (Å²) in [6, 6.07) is 0. The molecular formula is C20H39IN4O. The van der Waals surface area contributed by atoms with Gasteiger partial charge in [0.25, 0.3) is 0 Å². The molecule has 2 aliphatic heterocycles. The van der Waals surface area contributed by atoms with E-state index in [0.29, 0.717) is 0 Å². The molecule has 0 radical (unpaired) electrons. The van der Waals surface area contributed by atoms with Crippen LogP contribution in [0.2, 0.25) is 0 Å². The number of guanidine groups is 1. The van der Waals surface area contributed by atoms with Gasteiger partial charge in [-0.25, -0.2) is 0 Å². The third-order valence-electron chi connectivity index (χ3n) is 6.51. The van der Waals surface area contributed by atoms with E-state index in [0.717, 1.165) is 57.3 Å². The number of rotatable bonds is 5. The quantitative estimate of drug-likeness (QED) is 0.363. The van der Waals surface area contributed by atoms with Crippen LogP contribution < -0.4 is 5.32 Å². The van der Waals surface area contributed by atoms with Crippen molar-refractivity contribution in [3.8, 4) is 0 Å². The summed E-state index contributed by atoms with van der Waals surface area (Å²) in [5.74, 6) is 1.84. The summed E-state index contributed by atoms with van der Waals surface area (Å²) in [5, 5.41) is 13.9. The number of aliphatic hydroxyl groups excluding tert-OH is 1. The molecular weight excluding hydrogens is 439 g/mol.